The normalized spacial score (nSPS) is 15.9. The highest BCUT2D eigenvalue weighted by atomic mass is 35.5. The lowest BCUT2D eigenvalue weighted by molar-refractivity contribution is -0.123. The van der Waals surface area contributed by atoms with Crippen molar-refractivity contribution < 1.29 is 14.3 Å². The molecule has 0 atom stereocenters. The second-order valence-electron chi connectivity index (χ2n) is 5.47. The van der Waals surface area contributed by atoms with E-state index in [9.17, 15) is 9.59 Å². The molecule has 4 nitrogen and oxygen atoms in total. The zero-order valence-corrected chi connectivity index (χ0v) is 15.1. The van der Waals surface area contributed by atoms with Gasteiger partial charge in [0.25, 0.3) is 11.1 Å². The van der Waals surface area contributed by atoms with Crippen molar-refractivity contribution in [3.8, 4) is 5.75 Å². The number of carbonyl (C=O) groups is 2. The number of carbonyl (C=O) groups excluding carboxylic acids is 2. The number of hydrogen-bond donors (Lipinski definition) is 0. The summed E-state index contributed by atoms with van der Waals surface area (Å²) in [5, 5.41) is 0.212. The molecular weight excluding hydrogens is 358 g/mol. The van der Waals surface area contributed by atoms with E-state index in [1.807, 2.05) is 43.3 Å². The molecule has 1 aliphatic heterocycles. The van der Waals surface area contributed by atoms with Crippen LogP contribution in [0.2, 0.25) is 5.02 Å². The van der Waals surface area contributed by atoms with Crippen molar-refractivity contribution in [2.24, 2.45) is 0 Å². The Hall–Kier alpha value is -2.24. The van der Waals surface area contributed by atoms with Crippen molar-refractivity contribution in [2.45, 2.75) is 6.92 Å². The van der Waals surface area contributed by atoms with Crippen molar-refractivity contribution in [1.29, 1.82) is 0 Å². The van der Waals surface area contributed by atoms with E-state index >= 15 is 0 Å². The Kier molecular flexibility index (Phi) is 5.46. The molecule has 2 aromatic carbocycles. The summed E-state index contributed by atoms with van der Waals surface area (Å²) in [5.74, 6) is 0.243. The van der Waals surface area contributed by atoms with Gasteiger partial charge in [-0.15, -0.1) is 0 Å². The Bertz CT molecular complexity index is 850. The van der Waals surface area contributed by atoms with E-state index in [1.54, 1.807) is 18.2 Å². The first-order valence-corrected chi connectivity index (χ1v) is 8.94. The Balaban J connectivity index is 1.66. The molecule has 0 spiro atoms. The van der Waals surface area contributed by atoms with Crippen LogP contribution in [0.15, 0.2) is 53.4 Å². The highest BCUT2D eigenvalue weighted by molar-refractivity contribution is 8.18. The maximum absolute atomic E-state index is 12.5. The zero-order chi connectivity index (χ0) is 17.8. The fourth-order valence-electron chi connectivity index (χ4n) is 2.39. The third-order valence-electron chi connectivity index (χ3n) is 3.76. The van der Waals surface area contributed by atoms with Gasteiger partial charge < -0.3 is 4.74 Å². The van der Waals surface area contributed by atoms with Gasteiger partial charge in [0.05, 0.1) is 16.5 Å². The van der Waals surface area contributed by atoms with E-state index in [0.717, 1.165) is 22.9 Å². The highest BCUT2D eigenvalue weighted by Gasteiger charge is 2.34. The molecule has 0 radical (unpaired) electrons. The minimum absolute atomic E-state index is 0.182. The second kappa shape index (κ2) is 7.76. The van der Waals surface area contributed by atoms with Crippen LogP contribution in [0.4, 0.5) is 4.79 Å². The van der Waals surface area contributed by atoms with Gasteiger partial charge in [-0.25, -0.2) is 0 Å². The van der Waals surface area contributed by atoms with E-state index in [2.05, 4.69) is 0 Å². The summed E-state index contributed by atoms with van der Waals surface area (Å²) in [4.78, 5) is 26.2. The van der Waals surface area contributed by atoms with Gasteiger partial charge in [-0.2, -0.15) is 0 Å². The first-order chi connectivity index (χ1) is 12.1. The molecule has 25 heavy (non-hydrogen) atoms. The van der Waals surface area contributed by atoms with Crippen molar-refractivity contribution in [3.05, 3.63) is 69.6 Å². The molecule has 0 unspecified atom stereocenters. The number of aryl methyl sites for hydroxylation is 1. The first-order valence-electron chi connectivity index (χ1n) is 7.74. The molecule has 0 aliphatic carbocycles. The van der Waals surface area contributed by atoms with Crippen LogP contribution in [0.25, 0.3) is 6.08 Å². The summed E-state index contributed by atoms with van der Waals surface area (Å²) < 4.78 is 5.56. The molecule has 1 fully saturated rings. The molecule has 2 amide bonds. The number of benzene rings is 2. The lowest BCUT2D eigenvalue weighted by atomic mass is 10.1. The lowest BCUT2D eigenvalue weighted by Crippen LogP contribution is -2.32. The summed E-state index contributed by atoms with van der Waals surface area (Å²) in [7, 11) is 0. The third-order valence-corrected chi connectivity index (χ3v) is 4.98. The lowest BCUT2D eigenvalue weighted by Gasteiger charge is -2.13. The zero-order valence-electron chi connectivity index (χ0n) is 13.6. The van der Waals surface area contributed by atoms with Gasteiger partial charge >= 0.3 is 0 Å². The van der Waals surface area contributed by atoms with Gasteiger partial charge in [0, 0.05) is 0 Å². The van der Waals surface area contributed by atoms with Crippen molar-refractivity contribution >= 4 is 40.6 Å². The smallest absolute Gasteiger partial charge is 0.293 e. The van der Waals surface area contributed by atoms with Crippen LogP contribution < -0.4 is 4.74 Å². The standard InChI is InChI=1S/C19H16ClNO3S/c1-13-6-2-3-7-14(13)12-17-18(22)21(19(23)25-17)10-11-24-16-9-5-4-8-15(16)20/h2-9,12H,10-11H2,1H3/b17-12-. The summed E-state index contributed by atoms with van der Waals surface area (Å²) in [6.45, 7) is 2.34. The Morgan fingerprint density at radius 1 is 1.12 bits per heavy atom. The van der Waals surface area contributed by atoms with E-state index in [1.165, 1.54) is 4.90 Å². The van der Waals surface area contributed by atoms with Gasteiger partial charge in [0.2, 0.25) is 0 Å². The van der Waals surface area contributed by atoms with E-state index in [4.69, 9.17) is 16.3 Å². The quantitative estimate of drug-likeness (QED) is 0.708. The van der Waals surface area contributed by atoms with Crippen molar-refractivity contribution in [3.63, 3.8) is 0 Å². The van der Waals surface area contributed by atoms with Crippen LogP contribution in [0.1, 0.15) is 11.1 Å². The topological polar surface area (TPSA) is 46.6 Å². The number of imide groups is 1. The molecule has 0 saturated carbocycles. The minimum atomic E-state index is -0.291. The van der Waals surface area contributed by atoms with Crippen LogP contribution >= 0.6 is 23.4 Å². The van der Waals surface area contributed by atoms with Crippen molar-refractivity contribution in [1.82, 2.24) is 4.90 Å². The fourth-order valence-corrected chi connectivity index (χ4v) is 3.44. The SMILES string of the molecule is Cc1ccccc1/C=C1\SC(=O)N(CCOc2ccccc2Cl)C1=O. The van der Waals surface area contributed by atoms with Crippen molar-refractivity contribution in [2.75, 3.05) is 13.2 Å². The molecule has 6 heteroatoms. The van der Waals surface area contributed by atoms with E-state index in [0.29, 0.717) is 15.7 Å². The first kappa shape index (κ1) is 17.6. The number of thioether (sulfide) groups is 1. The maximum Gasteiger partial charge on any atom is 0.293 e. The number of amides is 2. The Morgan fingerprint density at radius 2 is 1.84 bits per heavy atom. The number of nitrogens with zero attached hydrogens (tertiary/aromatic N) is 1. The summed E-state index contributed by atoms with van der Waals surface area (Å²) in [5.41, 5.74) is 1.98. The predicted molar refractivity (Wildman–Crippen MR) is 101 cm³/mol. The Labute approximate surface area is 155 Å². The summed E-state index contributed by atoms with van der Waals surface area (Å²) >= 11 is 6.97. The molecular formula is C19H16ClNO3S. The number of rotatable bonds is 5. The maximum atomic E-state index is 12.5. The van der Waals surface area contributed by atoms with Crippen LogP contribution in [-0.2, 0) is 4.79 Å². The molecule has 0 aromatic heterocycles. The molecule has 0 bridgehead atoms. The minimum Gasteiger partial charge on any atom is -0.490 e. The molecule has 3 rings (SSSR count). The molecule has 1 aliphatic rings. The Morgan fingerprint density at radius 3 is 2.60 bits per heavy atom. The largest absolute Gasteiger partial charge is 0.490 e. The fraction of sp³-hybridized carbons (Fsp3) is 0.158. The second-order valence-corrected chi connectivity index (χ2v) is 6.87. The molecule has 2 aromatic rings. The predicted octanol–water partition coefficient (Wildman–Crippen LogP) is 4.76. The van der Waals surface area contributed by atoms with E-state index < -0.39 is 0 Å². The van der Waals surface area contributed by atoms with Crippen LogP contribution in [-0.4, -0.2) is 29.2 Å². The molecule has 1 saturated heterocycles. The number of hydrogen-bond acceptors (Lipinski definition) is 4. The average Bonchev–Trinajstić information content (AvgIpc) is 2.86. The highest BCUT2D eigenvalue weighted by Crippen LogP contribution is 2.32. The third kappa shape index (κ3) is 4.06. The van der Waals surface area contributed by atoms with Crippen LogP contribution in [0, 0.1) is 6.92 Å². The average molecular weight is 374 g/mol. The number of halogens is 1. The van der Waals surface area contributed by atoms with Crippen LogP contribution in [0.3, 0.4) is 0 Å². The van der Waals surface area contributed by atoms with Gasteiger partial charge in [0.1, 0.15) is 12.4 Å². The van der Waals surface area contributed by atoms with Gasteiger partial charge in [-0.1, -0.05) is 48.0 Å². The van der Waals surface area contributed by atoms with Crippen LogP contribution in [0.5, 0.6) is 5.75 Å². The van der Waals surface area contributed by atoms with Gasteiger partial charge in [-0.3, -0.25) is 14.5 Å². The monoisotopic (exact) mass is 373 g/mol. The van der Waals surface area contributed by atoms with Gasteiger partial charge in [-0.05, 0) is 48.0 Å². The summed E-state index contributed by atoms with van der Waals surface area (Å²) in [6, 6.07) is 14.8. The van der Waals surface area contributed by atoms with E-state index in [-0.39, 0.29) is 24.3 Å². The number of para-hydroxylation sites is 1. The molecule has 1 heterocycles. The molecule has 128 valence electrons. The molecule has 0 N–H and O–H groups in total. The number of ether oxygens (including phenoxy) is 1. The summed E-state index contributed by atoms with van der Waals surface area (Å²) in [6.07, 6.45) is 1.76. The van der Waals surface area contributed by atoms with Gasteiger partial charge in [0.15, 0.2) is 0 Å².